The molecule has 0 radical (unpaired) electrons. The van der Waals surface area contributed by atoms with Gasteiger partial charge in [-0.15, -0.1) is 0 Å². The highest BCUT2D eigenvalue weighted by Gasteiger charge is 2.27. The Morgan fingerprint density at radius 3 is 2.59 bits per heavy atom. The Morgan fingerprint density at radius 1 is 1.06 bits per heavy atom. The number of hydrogen-bond donors (Lipinski definition) is 1. The van der Waals surface area contributed by atoms with Crippen LogP contribution in [-0.4, -0.2) is 94.7 Å². The molecule has 2 aliphatic heterocycles. The van der Waals surface area contributed by atoms with Crippen LogP contribution in [0.25, 0.3) is 16.8 Å². The molecular formula is C23H30N8O. The van der Waals surface area contributed by atoms with Gasteiger partial charge in [0.15, 0.2) is 5.65 Å². The molecule has 0 spiro atoms. The second-order valence-electron chi connectivity index (χ2n) is 8.70. The average molecular weight is 435 g/mol. The molecule has 0 aliphatic carbocycles. The minimum Gasteiger partial charge on any atom is -0.369 e. The number of fused-ring (bicyclic) bond motifs is 1. The highest BCUT2D eigenvalue weighted by Crippen LogP contribution is 2.27. The molecule has 32 heavy (non-hydrogen) atoms. The van der Waals surface area contributed by atoms with Gasteiger partial charge in [0.05, 0.1) is 24.3 Å². The molecule has 2 saturated heterocycles. The quantitative estimate of drug-likeness (QED) is 0.664. The van der Waals surface area contributed by atoms with Crippen LogP contribution in [0.2, 0.25) is 0 Å². The maximum Gasteiger partial charge on any atom is 0.269 e. The van der Waals surface area contributed by atoms with Crippen LogP contribution >= 0.6 is 0 Å². The van der Waals surface area contributed by atoms with Crippen LogP contribution < -0.4 is 10.2 Å². The van der Waals surface area contributed by atoms with E-state index in [9.17, 15) is 4.79 Å². The van der Waals surface area contributed by atoms with Crippen LogP contribution in [-0.2, 0) is 0 Å². The zero-order chi connectivity index (χ0) is 22.1. The van der Waals surface area contributed by atoms with Crippen molar-refractivity contribution in [3.05, 3.63) is 42.6 Å². The monoisotopic (exact) mass is 434 g/mol. The average Bonchev–Trinajstić information content (AvgIpc) is 3.27. The van der Waals surface area contributed by atoms with Crippen LogP contribution in [0.5, 0.6) is 0 Å². The van der Waals surface area contributed by atoms with Gasteiger partial charge in [0.2, 0.25) is 0 Å². The Bertz CT molecular complexity index is 1100. The Kier molecular flexibility index (Phi) is 5.75. The summed E-state index contributed by atoms with van der Waals surface area (Å²) in [5.74, 6) is -0.210. The van der Waals surface area contributed by atoms with Gasteiger partial charge in [-0.1, -0.05) is 0 Å². The van der Waals surface area contributed by atoms with Gasteiger partial charge in [-0.2, -0.15) is 5.10 Å². The smallest absolute Gasteiger partial charge is 0.269 e. The van der Waals surface area contributed by atoms with Crippen LogP contribution in [0, 0.1) is 0 Å². The Morgan fingerprint density at radius 2 is 1.84 bits per heavy atom. The molecule has 1 amide bonds. The molecule has 5 heterocycles. The number of likely N-dealkylation sites (N-methyl/N-ethyl adjacent to an activating group) is 1. The predicted molar refractivity (Wildman–Crippen MR) is 124 cm³/mol. The van der Waals surface area contributed by atoms with Crippen molar-refractivity contribution in [3.63, 3.8) is 0 Å². The number of carbonyl (C=O) groups excluding carboxylic acids is 1. The van der Waals surface area contributed by atoms with Crippen LogP contribution in [0.1, 0.15) is 23.3 Å². The van der Waals surface area contributed by atoms with E-state index in [4.69, 9.17) is 4.98 Å². The normalized spacial score (nSPS) is 18.9. The summed E-state index contributed by atoms with van der Waals surface area (Å²) in [6.07, 6.45) is 9.81. The summed E-state index contributed by atoms with van der Waals surface area (Å²) in [6.45, 7) is 6.79. The van der Waals surface area contributed by atoms with E-state index in [2.05, 4.69) is 43.3 Å². The van der Waals surface area contributed by atoms with Crippen LogP contribution in [0.4, 0.5) is 5.69 Å². The molecule has 9 nitrogen and oxygen atoms in total. The number of aromatic nitrogens is 4. The molecule has 0 aromatic carbocycles. The second-order valence-corrected chi connectivity index (χ2v) is 8.70. The summed E-state index contributed by atoms with van der Waals surface area (Å²) in [4.78, 5) is 28.3. The van der Waals surface area contributed by atoms with Crippen LogP contribution in [0.3, 0.4) is 0 Å². The Hall–Kier alpha value is -3.04. The van der Waals surface area contributed by atoms with E-state index in [1.807, 2.05) is 16.8 Å². The minimum atomic E-state index is -0.210. The van der Waals surface area contributed by atoms with Gasteiger partial charge in [-0.25, -0.2) is 9.50 Å². The van der Waals surface area contributed by atoms with Crippen LogP contribution in [0.15, 0.2) is 36.9 Å². The molecule has 0 unspecified atom stereocenters. The number of amides is 1. The third-order valence-corrected chi connectivity index (χ3v) is 6.76. The molecule has 2 fully saturated rings. The number of piperidine rings is 1. The molecular weight excluding hydrogens is 404 g/mol. The minimum absolute atomic E-state index is 0.210. The summed E-state index contributed by atoms with van der Waals surface area (Å²) in [5, 5.41) is 7.15. The zero-order valence-corrected chi connectivity index (χ0v) is 18.7. The molecule has 3 aromatic heterocycles. The summed E-state index contributed by atoms with van der Waals surface area (Å²) in [6, 6.07) is 4.34. The molecule has 1 N–H and O–H groups in total. The van der Waals surface area contributed by atoms with Gasteiger partial charge in [0.25, 0.3) is 5.91 Å². The lowest BCUT2D eigenvalue weighted by atomic mass is 10.0. The first-order chi connectivity index (χ1) is 15.6. The van der Waals surface area contributed by atoms with Crippen molar-refractivity contribution in [1.29, 1.82) is 0 Å². The molecule has 5 rings (SSSR count). The standard InChI is InChI=1S/C23H30N8O/c1-24-23(32)21-13-17(3-6-25-21)20-15-27-31-16-19(14-26-22(20)31)29-7-4-18(5-8-29)30-11-9-28(2)10-12-30/h3,6,13-16,18H,4-5,7-12H2,1-2H3,(H,24,32). The SMILES string of the molecule is CNC(=O)c1cc(-c2cnn3cc(N4CCC(N5CCN(C)CC5)CC4)cnc23)ccn1. The summed E-state index contributed by atoms with van der Waals surface area (Å²) >= 11 is 0. The largest absolute Gasteiger partial charge is 0.369 e. The molecule has 2 aliphatic rings. The number of piperazine rings is 1. The fraction of sp³-hybridized carbons (Fsp3) is 0.478. The van der Waals surface area contributed by atoms with Crippen molar-refractivity contribution in [2.75, 3.05) is 58.3 Å². The van der Waals surface area contributed by atoms with E-state index in [0.29, 0.717) is 11.7 Å². The first kappa shape index (κ1) is 20.8. The first-order valence-corrected chi connectivity index (χ1v) is 11.3. The number of carbonyl (C=O) groups is 1. The maximum absolute atomic E-state index is 11.9. The van der Waals surface area contributed by atoms with E-state index in [0.717, 1.165) is 35.6 Å². The van der Waals surface area contributed by atoms with Crippen molar-refractivity contribution in [3.8, 4) is 11.1 Å². The topological polar surface area (TPSA) is 81.9 Å². The summed E-state index contributed by atoms with van der Waals surface area (Å²) < 4.78 is 1.83. The number of rotatable bonds is 4. The van der Waals surface area contributed by atoms with Crippen molar-refractivity contribution < 1.29 is 4.79 Å². The van der Waals surface area contributed by atoms with Gasteiger partial charge in [0.1, 0.15) is 5.69 Å². The summed E-state index contributed by atoms with van der Waals surface area (Å²) in [5.41, 5.74) is 4.02. The number of nitrogens with one attached hydrogen (secondary N) is 1. The predicted octanol–water partition coefficient (Wildman–Crippen LogP) is 1.37. The van der Waals surface area contributed by atoms with Gasteiger partial charge in [-0.05, 0) is 37.6 Å². The van der Waals surface area contributed by atoms with E-state index in [1.54, 1.807) is 25.5 Å². The van der Waals surface area contributed by atoms with Crippen molar-refractivity contribution in [2.45, 2.75) is 18.9 Å². The zero-order valence-electron chi connectivity index (χ0n) is 18.7. The Balaban J connectivity index is 1.30. The lowest BCUT2D eigenvalue weighted by Crippen LogP contribution is -2.52. The highest BCUT2D eigenvalue weighted by atomic mass is 16.1. The molecule has 3 aromatic rings. The molecule has 9 heteroatoms. The third kappa shape index (κ3) is 4.05. The lowest BCUT2D eigenvalue weighted by Gasteiger charge is -2.42. The number of hydrogen-bond acceptors (Lipinski definition) is 7. The fourth-order valence-corrected chi connectivity index (χ4v) is 4.76. The number of anilines is 1. The van der Waals surface area contributed by atoms with Crippen molar-refractivity contribution in [1.82, 2.24) is 34.7 Å². The number of pyridine rings is 1. The summed E-state index contributed by atoms with van der Waals surface area (Å²) in [7, 11) is 3.81. The van der Waals surface area contributed by atoms with Gasteiger partial charge >= 0.3 is 0 Å². The first-order valence-electron chi connectivity index (χ1n) is 11.3. The molecule has 0 atom stereocenters. The van der Waals surface area contributed by atoms with Gasteiger partial charge in [-0.3, -0.25) is 14.7 Å². The second kappa shape index (κ2) is 8.84. The molecule has 0 bridgehead atoms. The van der Waals surface area contributed by atoms with E-state index < -0.39 is 0 Å². The van der Waals surface area contributed by atoms with E-state index >= 15 is 0 Å². The van der Waals surface area contributed by atoms with Gasteiger partial charge in [0, 0.05) is 64.1 Å². The highest BCUT2D eigenvalue weighted by molar-refractivity contribution is 5.93. The van der Waals surface area contributed by atoms with Crippen molar-refractivity contribution >= 4 is 17.2 Å². The van der Waals surface area contributed by atoms with Gasteiger partial charge < -0.3 is 15.1 Å². The van der Waals surface area contributed by atoms with Crippen molar-refractivity contribution in [2.24, 2.45) is 0 Å². The maximum atomic E-state index is 11.9. The fourth-order valence-electron chi connectivity index (χ4n) is 4.76. The van der Waals surface area contributed by atoms with E-state index in [1.165, 1.54) is 39.0 Å². The Labute approximate surface area is 188 Å². The number of nitrogens with zero attached hydrogens (tertiary/aromatic N) is 7. The molecule has 168 valence electrons. The molecule has 0 saturated carbocycles. The van der Waals surface area contributed by atoms with E-state index in [-0.39, 0.29) is 5.91 Å². The third-order valence-electron chi connectivity index (χ3n) is 6.76. The lowest BCUT2D eigenvalue weighted by molar-refractivity contribution is 0.0958.